The predicted octanol–water partition coefficient (Wildman–Crippen LogP) is 3.13. The highest BCUT2D eigenvalue weighted by molar-refractivity contribution is 7.07. The molecule has 0 aliphatic carbocycles. The Hall–Kier alpha value is -1.65. The van der Waals surface area contributed by atoms with Crippen molar-refractivity contribution in [1.29, 1.82) is 0 Å². The molecule has 19 heavy (non-hydrogen) atoms. The van der Waals surface area contributed by atoms with Crippen LogP contribution in [0.5, 0.6) is 0 Å². The van der Waals surface area contributed by atoms with Crippen LogP contribution in [0, 0.1) is 6.92 Å². The third-order valence-electron chi connectivity index (χ3n) is 2.78. The lowest BCUT2D eigenvalue weighted by Crippen LogP contribution is -2.29. The van der Waals surface area contributed by atoms with Crippen LogP contribution in [-0.4, -0.2) is 24.4 Å². The summed E-state index contributed by atoms with van der Waals surface area (Å²) in [6.07, 6.45) is 0. The van der Waals surface area contributed by atoms with Crippen LogP contribution in [0.2, 0.25) is 0 Å². The van der Waals surface area contributed by atoms with E-state index < -0.39 is 0 Å². The molecule has 0 aliphatic rings. The summed E-state index contributed by atoms with van der Waals surface area (Å²) >= 11 is 1.68. The molecule has 0 spiro atoms. The minimum Gasteiger partial charge on any atom is -0.325 e. The minimum atomic E-state index is 0.0154. The van der Waals surface area contributed by atoms with Gasteiger partial charge in [-0.3, -0.25) is 9.69 Å². The Labute approximate surface area is 117 Å². The van der Waals surface area contributed by atoms with E-state index in [9.17, 15) is 4.79 Å². The van der Waals surface area contributed by atoms with Crippen molar-refractivity contribution in [3.8, 4) is 0 Å². The number of aryl methyl sites for hydroxylation is 1. The molecule has 0 bridgehead atoms. The Kier molecular flexibility index (Phi) is 4.71. The fraction of sp³-hybridized carbons (Fsp3) is 0.267. The van der Waals surface area contributed by atoms with E-state index in [1.165, 1.54) is 11.1 Å². The molecule has 0 fully saturated rings. The molecule has 4 heteroatoms. The SMILES string of the molecule is Cc1ccc(NC(=O)CN(C)Cc2ccsc2)cc1. The van der Waals surface area contributed by atoms with Crippen LogP contribution in [-0.2, 0) is 11.3 Å². The number of hydrogen-bond donors (Lipinski definition) is 1. The van der Waals surface area contributed by atoms with Crippen LogP contribution in [0.3, 0.4) is 0 Å². The monoisotopic (exact) mass is 274 g/mol. The number of carbonyl (C=O) groups is 1. The van der Waals surface area contributed by atoms with Gasteiger partial charge in [-0.15, -0.1) is 0 Å². The molecule has 2 rings (SSSR count). The van der Waals surface area contributed by atoms with Gasteiger partial charge in [0.2, 0.25) is 5.91 Å². The van der Waals surface area contributed by atoms with Gasteiger partial charge in [0.15, 0.2) is 0 Å². The van der Waals surface area contributed by atoms with Gasteiger partial charge in [0.25, 0.3) is 0 Å². The van der Waals surface area contributed by atoms with Gasteiger partial charge in [0.05, 0.1) is 6.54 Å². The summed E-state index contributed by atoms with van der Waals surface area (Å²) in [4.78, 5) is 13.9. The summed E-state index contributed by atoms with van der Waals surface area (Å²) in [5.41, 5.74) is 3.28. The predicted molar refractivity (Wildman–Crippen MR) is 80.5 cm³/mol. The molecule has 2 aromatic rings. The van der Waals surface area contributed by atoms with Gasteiger partial charge >= 0.3 is 0 Å². The Morgan fingerprint density at radius 2 is 2.00 bits per heavy atom. The van der Waals surface area contributed by atoms with E-state index in [0.717, 1.165) is 12.2 Å². The number of nitrogens with one attached hydrogen (secondary N) is 1. The molecule has 1 aromatic heterocycles. The lowest BCUT2D eigenvalue weighted by Gasteiger charge is -2.15. The molecule has 0 aliphatic heterocycles. The maximum Gasteiger partial charge on any atom is 0.238 e. The van der Waals surface area contributed by atoms with E-state index in [-0.39, 0.29) is 5.91 Å². The number of hydrogen-bond acceptors (Lipinski definition) is 3. The van der Waals surface area contributed by atoms with E-state index in [4.69, 9.17) is 0 Å². The number of likely N-dealkylation sites (N-methyl/N-ethyl adjacent to an activating group) is 1. The molecule has 0 saturated heterocycles. The summed E-state index contributed by atoms with van der Waals surface area (Å²) in [7, 11) is 1.95. The van der Waals surface area contributed by atoms with Crippen molar-refractivity contribution >= 4 is 22.9 Å². The first kappa shape index (κ1) is 13.8. The summed E-state index contributed by atoms with van der Waals surface area (Å²) in [6.45, 7) is 3.22. The van der Waals surface area contributed by atoms with Crippen LogP contribution in [0.1, 0.15) is 11.1 Å². The van der Waals surface area contributed by atoms with E-state index in [1.54, 1.807) is 11.3 Å². The number of benzene rings is 1. The fourth-order valence-electron chi connectivity index (χ4n) is 1.83. The molecule has 0 unspecified atom stereocenters. The number of thiophene rings is 1. The molecule has 1 amide bonds. The van der Waals surface area contributed by atoms with Crippen LogP contribution >= 0.6 is 11.3 Å². The third-order valence-corrected chi connectivity index (χ3v) is 3.51. The highest BCUT2D eigenvalue weighted by Gasteiger charge is 2.07. The Balaban J connectivity index is 1.82. The van der Waals surface area contributed by atoms with Crippen molar-refractivity contribution in [2.45, 2.75) is 13.5 Å². The maximum atomic E-state index is 11.9. The summed E-state index contributed by atoms with van der Waals surface area (Å²) < 4.78 is 0. The van der Waals surface area contributed by atoms with Crippen molar-refractivity contribution in [2.24, 2.45) is 0 Å². The number of rotatable bonds is 5. The van der Waals surface area contributed by atoms with Crippen molar-refractivity contribution < 1.29 is 4.79 Å². The molecular formula is C15H18N2OS. The van der Waals surface area contributed by atoms with Crippen LogP contribution in [0.15, 0.2) is 41.1 Å². The van der Waals surface area contributed by atoms with Crippen LogP contribution in [0.25, 0.3) is 0 Å². The molecular weight excluding hydrogens is 256 g/mol. The standard InChI is InChI=1S/C15H18N2OS/c1-12-3-5-14(6-4-12)16-15(18)10-17(2)9-13-7-8-19-11-13/h3-8,11H,9-10H2,1-2H3,(H,16,18). The number of carbonyl (C=O) groups excluding carboxylic acids is 1. The molecule has 100 valence electrons. The van der Waals surface area contributed by atoms with Gasteiger partial charge in [0, 0.05) is 12.2 Å². The van der Waals surface area contributed by atoms with Gasteiger partial charge in [-0.2, -0.15) is 11.3 Å². The first-order chi connectivity index (χ1) is 9.13. The van der Waals surface area contributed by atoms with Crippen LogP contribution in [0.4, 0.5) is 5.69 Å². The molecule has 0 radical (unpaired) electrons. The Bertz CT molecular complexity index is 520. The molecule has 1 heterocycles. The average molecular weight is 274 g/mol. The highest BCUT2D eigenvalue weighted by atomic mass is 32.1. The first-order valence-electron chi connectivity index (χ1n) is 6.19. The Morgan fingerprint density at radius 3 is 2.63 bits per heavy atom. The normalized spacial score (nSPS) is 10.7. The van der Waals surface area contributed by atoms with Crippen molar-refractivity contribution in [1.82, 2.24) is 4.90 Å². The second kappa shape index (κ2) is 6.50. The van der Waals surface area contributed by atoms with E-state index in [1.807, 2.05) is 43.1 Å². The average Bonchev–Trinajstić information content (AvgIpc) is 2.84. The van der Waals surface area contributed by atoms with Gasteiger partial charge in [0.1, 0.15) is 0 Å². The van der Waals surface area contributed by atoms with Crippen LogP contribution < -0.4 is 5.32 Å². The third kappa shape index (κ3) is 4.50. The first-order valence-corrected chi connectivity index (χ1v) is 7.14. The second-order valence-electron chi connectivity index (χ2n) is 4.72. The zero-order chi connectivity index (χ0) is 13.7. The van der Waals surface area contributed by atoms with E-state index >= 15 is 0 Å². The lowest BCUT2D eigenvalue weighted by atomic mass is 10.2. The largest absolute Gasteiger partial charge is 0.325 e. The van der Waals surface area contributed by atoms with Crippen molar-refractivity contribution in [2.75, 3.05) is 18.9 Å². The lowest BCUT2D eigenvalue weighted by molar-refractivity contribution is -0.117. The van der Waals surface area contributed by atoms with E-state index in [0.29, 0.717) is 6.54 Å². The van der Waals surface area contributed by atoms with Gasteiger partial charge in [-0.25, -0.2) is 0 Å². The zero-order valence-electron chi connectivity index (χ0n) is 11.2. The minimum absolute atomic E-state index is 0.0154. The van der Waals surface area contributed by atoms with E-state index in [2.05, 4.69) is 22.1 Å². The van der Waals surface area contributed by atoms with Gasteiger partial charge in [-0.05, 0) is 48.5 Å². The molecule has 0 atom stereocenters. The summed E-state index contributed by atoms with van der Waals surface area (Å²) in [6, 6.07) is 9.91. The summed E-state index contributed by atoms with van der Waals surface area (Å²) in [5, 5.41) is 7.06. The smallest absolute Gasteiger partial charge is 0.238 e. The number of nitrogens with zero attached hydrogens (tertiary/aromatic N) is 1. The second-order valence-corrected chi connectivity index (χ2v) is 5.50. The molecule has 3 nitrogen and oxygen atoms in total. The summed E-state index contributed by atoms with van der Waals surface area (Å²) in [5.74, 6) is 0.0154. The zero-order valence-corrected chi connectivity index (χ0v) is 12.0. The quantitative estimate of drug-likeness (QED) is 0.908. The van der Waals surface area contributed by atoms with Crippen molar-refractivity contribution in [3.05, 3.63) is 52.2 Å². The molecule has 0 saturated carbocycles. The topological polar surface area (TPSA) is 32.3 Å². The molecule has 1 aromatic carbocycles. The fourth-order valence-corrected chi connectivity index (χ4v) is 2.49. The molecule has 1 N–H and O–H groups in total. The number of anilines is 1. The highest BCUT2D eigenvalue weighted by Crippen LogP contribution is 2.10. The maximum absolute atomic E-state index is 11.9. The number of amides is 1. The Morgan fingerprint density at radius 1 is 1.26 bits per heavy atom. The van der Waals surface area contributed by atoms with Gasteiger partial charge < -0.3 is 5.32 Å². The van der Waals surface area contributed by atoms with Crippen molar-refractivity contribution in [3.63, 3.8) is 0 Å². The van der Waals surface area contributed by atoms with Gasteiger partial charge in [-0.1, -0.05) is 17.7 Å².